The maximum Gasteiger partial charge on any atom is 0.236 e. The lowest BCUT2D eigenvalue weighted by Crippen LogP contribution is -2.51. The number of methoxy groups -OCH3 is 1. The summed E-state index contributed by atoms with van der Waals surface area (Å²) in [5, 5.41) is 0. The number of carbonyl (C=O) groups is 1. The van der Waals surface area contributed by atoms with Crippen LogP contribution in [0.1, 0.15) is 12.8 Å². The van der Waals surface area contributed by atoms with Crippen molar-refractivity contribution >= 4 is 11.7 Å². The van der Waals surface area contributed by atoms with E-state index in [1.165, 1.54) is 6.42 Å². The van der Waals surface area contributed by atoms with Crippen LogP contribution in [0.2, 0.25) is 0 Å². The van der Waals surface area contributed by atoms with Crippen molar-refractivity contribution in [1.82, 2.24) is 14.8 Å². The molecule has 2 fully saturated rings. The average molecular weight is 332 g/mol. The Bertz CT molecular complexity index is 515. The SMILES string of the molecule is COC[C@@H]1CCCN(C(=O)CN2CCN(c3ccccn3)CC2)C1. The first-order chi connectivity index (χ1) is 11.8. The molecule has 0 bridgehead atoms. The topological polar surface area (TPSA) is 48.9 Å². The highest BCUT2D eigenvalue weighted by atomic mass is 16.5. The molecule has 3 rings (SSSR count). The van der Waals surface area contributed by atoms with E-state index in [0.29, 0.717) is 12.5 Å². The second kappa shape index (κ2) is 8.44. The van der Waals surface area contributed by atoms with Crippen molar-refractivity contribution < 1.29 is 9.53 Å². The van der Waals surface area contributed by atoms with Crippen molar-refractivity contribution in [1.29, 1.82) is 0 Å². The lowest BCUT2D eigenvalue weighted by atomic mass is 9.99. The molecule has 1 amide bonds. The summed E-state index contributed by atoms with van der Waals surface area (Å²) in [6, 6.07) is 6.00. The number of nitrogens with zero attached hydrogens (tertiary/aromatic N) is 4. The molecule has 2 saturated heterocycles. The van der Waals surface area contributed by atoms with Gasteiger partial charge in [0.2, 0.25) is 5.91 Å². The lowest BCUT2D eigenvalue weighted by molar-refractivity contribution is -0.134. The number of piperazine rings is 1. The fraction of sp³-hybridized carbons (Fsp3) is 0.667. The molecule has 0 aliphatic carbocycles. The van der Waals surface area contributed by atoms with Crippen LogP contribution in [0.4, 0.5) is 5.82 Å². The molecule has 0 N–H and O–H groups in total. The third kappa shape index (κ3) is 4.45. The zero-order valence-corrected chi connectivity index (χ0v) is 14.6. The number of ether oxygens (including phenoxy) is 1. The van der Waals surface area contributed by atoms with E-state index in [4.69, 9.17) is 4.74 Å². The van der Waals surface area contributed by atoms with Crippen LogP contribution in [-0.2, 0) is 9.53 Å². The molecule has 3 heterocycles. The second-order valence-corrected chi connectivity index (χ2v) is 6.75. The van der Waals surface area contributed by atoms with Crippen LogP contribution in [0, 0.1) is 5.92 Å². The van der Waals surface area contributed by atoms with Gasteiger partial charge in [-0.3, -0.25) is 9.69 Å². The predicted octanol–water partition coefficient (Wildman–Crippen LogP) is 1.09. The highest BCUT2D eigenvalue weighted by molar-refractivity contribution is 5.78. The van der Waals surface area contributed by atoms with Gasteiger partial charge in [-0.2, -0.15) is 0 Å². The molecule has 6 heteroatoms. The van der Waals surface area contributed by atoms with E-state index < -0.39 is 0 Å². The van der Waals surface area contributed by atoms with Gasteiger partial charge in [-0.25, -0.2) is 4.98 Å². The van der Waals surface area contributed by atoms with Crippen molar-refractivity contribution in [2.75, 3.05) is 64.4 Å². The van der Waals surface area contributed by atoms with E-state index in [1.807, 2.05) is 29.3 Å². The number of rotatable bonds is 5. The molecule has 0 saturated carbocycles. The molecule has 2 aliphatic heterocycles. The molecule has 1 aromatic heterocycles. The van der Waals surface area contributed by atoms with Gasteiger partial charge in [0.25, 0.3) is 0 Å². The Labute approximate surface area is 144 Å². The molecule has 0 aromatic carbocycles. The third-order valence-corrected chi connectivity index (χ3v) is 4.98. The number of anilines is 1. The van der Waals surface area contributed by atoms with Crippen LogP contribution in [-0.4, -0.2) is 80.2 Å². The van der Waals surface area contributed by atoms with Gasteiger partial charge >= 0.3 is 0 Å². The summed E-state index contributed by atoms with van der Waals surface area (Å²) in [4.78, 5) is 23.6. The Morgan fingerprint density at radius 2 is 2.08 bits per heavy atom. The maximum absolute atomic E-state index is 12.6. The normalized spacial score (nSPS) is 22.6. The first kappa shape index (κ1) is 17.2. The molecule has 24 heavy (non-hydrogen) atoms. The molecule has 132 valence electrons. The van der Waals surface area contributed by atoms with Crippen molar-refractivity contribution in [2.45, 2.75) is 12.8 Å². The summed E-state index contributed by atoms with van der Waals surface area (Å²) in [5.74, 6) is 1.79. The van der Waals surface area contributed by atoms with E-state index in [0.717, 1.165) is 58.1 Å². The molecule has 0 radical (unpaired) electrons. The Morgan fingerprint density at radius 3 is 2.79 bits per heavy atom. The Kier molecular flexibility index (Phi) is 6.04. The first-order valence-corrected chi connectivity index (χ1v) is 8.91. The second-order valence-electron chi connectivity index (χ2n) is 6.75. The molecule has 0 spiro atoms. The number of aromatic nitrogens is 1. The number of amides is 1. The van der Waals surface area contributed by atoms with Crippen molar-refractivity contribution in [2.24, 2.45) is 5.92 Å². The number of hydrogen-bond donors (Lipinski definition) is 0. The monoisotopic (exact) mass is 332 g/mol. The minimum absolute atomic E-state index is 0.266. The van der Waals surface area contributed by atoms with Crippen molar-refractivity contribution in [3.05, 3.63) is 24.4 Å². The summed E-state index contributed by atoms with van der Waals surface area (Å²) in [6.45, 7) is 6.72. The van der Waals surface area contributed by atoms with E-state index in [1.54, 1.807) is 7.11 Å². The van der Waals surface area contributed by atoms with E-state index in [2.05, 4.69) is 14.8 Å². The fourth-order valence-corrected chi connectivity index (χ4v) is 3.63. The fourth-order valence-electron chi connectivity index (χ4n) is 3.63. The minimum Gasteiger partial charge on any atom is -0.384 e. The zero-order chi connectivity index (χ0) is 16.8. The Morgan fingerprint density at radius 1 is 1.25 bits per heavy atom. The molecular weight excluding hydrogens is 304 g/mol. The number of pyridine rings is 1. The summed E-state index contributed by atoms with van der Waals surface area (Å²) < 4.78 is 5.25. The van der Waals surface area contributed by atoms with E-state index >= 15 is 0 Å². The quantitative estimate of drug-likeness (QED) is 0.808. The highest BCUT2D eigenvalue weighted by Crippen LogP contribution is 2.17. The van der Waals surface area contributed by atoms with Gasteiger partial charge in [0.1, 0.15) is 5.82 Å². The van der Waals surface area contributed by atoms with Gasteiger partial charge in [0.15, 0.2) is 0 Å². The largest absolute Gasteiger partial charge is 0.384 e. The van der Waals surface area contributed by atoms with Crippen LogP contribution >= 0.6 is 0 Å². The molecular formula is C18H28N4O2. The zero-order valence-electron chi connectivity index (χ0n) is 14.6. The molecule has 1 atom stereocenters. The number of hydrogen-bond acceptors (Lipinski definition) is 5. The maximum atomic E-state index is 12.6. The van der Waals surface area contributed by atoms with Gasteiger partial charge in [0.05, 0.1) is 13.2 Å². The van der Waals surface area contributed by atoms with Crippen LogP contribution in [0.25, 0.3) is 0 Å². The third-order valence-electron chi connectivity index (χ3n) is 4.98. The van der Waals surface area contributed by atoms with E-state index in [-0.39, 0.29) is 5.91 Å². The highest BCUT2D eigenvalue weighted by Gasteiger charge is 2.26. The lowest BCUT2D eigenvalue weighted by Gasteiger charge is -2.37. The number of likely N-dealkylation sites (tertiary alicyclic amines) is 1. The van der Waals surface area contributed by atoms with Gasteiger partial charge < -0.3 is 14.5 Å². The van der Waals surface area contributed by atoms with Gasteiger partial charge in [-0.1, -0.05) is 6.07 Å². The molecule has 6 nitrogen and oxygen atoms in total. The summed E-state index contributed by atoms with van der Waals surface area (Å²) in [6.07, 6.45) is 4.09. The Hall–Kier alpha value is -1.66. The molecule has 0 unspecified atom stereocenters. The van der Waals surface area contributed by atoms with E-state index in [9.17, 15) is 4.79 Å². The van der Waals surface area contributed by atoms with Crippen LogP contribution in [0.15, 0.2) is 24.4 Å². The van der Waals surface area contributed by atoms with Crippen LogP contribution in [0.5, 0.6) is 0 Å². The summed E-state index contributed by atoms with van der Waals surface area (Å²) >= 11 is 0. The predicted molar refractivity (Wildman–Crippen MR) is 94.1 cm³/mol. The van der Waals surface area contributed by atoms with Crippen molar-refractivity contribution in [3.8, 4) is 0 Å². The minimum atomic E-state index is 0.266. The first-order valence-electron chi connectivity index (χ1n) is 8.91. The van der Waals surface area contributed by atoms with Crippen LogP contribution in [0.3, 0.4) is 0 Å². The molecule has 2 aliphatic rings. The van der Waals surface area contributed by atoms with Crippen molar-refractivity contribution in [3.63, 3.8) is 0 Å². The average Bonchev–Trinajstić information content (AvgIpc) is 2.64. The van der Waals surface area contributed by atoms with Gasteiger partial charge in [-0.15, -0.1) is 0 Å². The standard InChI is InChI=1S/C18H28N4O2/c1-24-15-16-5-4-8-22(13-16)18(23)14-20-9-11-21(12-10-20)17-6-2-3-7-19-17/h2-3,6-7,16H,4-5,8-15H2,1H3/t16-/m1/s1. The van der Waals surface area contributed by atoms with Gasteiger partial charge in [-0.05, 0) is 30.9 Å². The van der Waals surface area contributed by atoms with Gasteiger partial charge in [0, 0.05) is 52.6 Å². The number of piperidine rings is 1. The smallest absolute Gasteiger partial charge is 0.236 e. The summed E-state index contributed by atoms with van der Waals surface area (Å²) in [7, 11) is 1.74. The summed E-state index contributed by atoms with van der Waals surface area (Å²) in [5.41, 5.74) is 0. The Balaban J connectivity index is 1.45. The molecule has 1 aromatic rings. The van der Waals surface area contributed by atoms with Crippen LogP contribution < -0.4 is 4.90 Å². The number of carbonyl (C=O) groups excluding carboxylic acids is 1.